The SMILES string of the molecule is Cc1cccc(-c2nc3sc(N(C)CC(=O)NCCCN4CCOCC4)nn3c2NC(C)(C)C)c1. The maximum absolute atomic E-state index is 12.5. The zero-order valence-electron chi connectivity index (χ0n) is 21.4. The summed E-state index contributed by atoms with van der Waals surface area (Å²) >= 11 is 1.48. The Labute approximate surface area is 211 Å². The Bertz CT molecular complexity index is 1140. The minimum Gasteiger partial charge on any atom is -0.379 e. The first-order valence-electron chi connectivity index (χ1n) is 12.2. The van der Waals surface area contributed by atoms with Crippen LogP contribution in [-0.2, 0) is 9.53 Å². The summed E-state index contributed by atoms with van der Waals surface area (Å²) in [6.07, 6.45) is 0.935. The largest absolute Gasteiger partial charge is 0.379 e. The van der Waals surface area contributed by atoms with E-state index in [1.165, 1.54) is 16.9 Å². The number of hydrogen-bond donors (Lipinski definition) is 2. The van der Waals surface area contributed by atoms with Gasteiger partial charge in [-0.05, 0) is 46.7 Å². The fraction of sp³-hybridized carbons (Fsp3) is 0.560. The Morgan fingerprint density at radius 3 is 2.74 bits per heavy atom. The van der Waals surface area contributed by atoms with E-state index in [4.69, 9.17) is 14.8 Å². The lowest BCUT2D eigenvalue weighted by molar-refractivity contribution is -0.119. The second-order valence-corrected chi connectivity index (χ2v) is 11.1. The van der Waals surface area contributed by atoms with Crippen molar-refractivity contribution < 1.29 is 9.53 Å². The summed E-state index contributed by atoms with van der Waals surface area (Å²) < 4.78 is 7.24. The zero-order chi connectivity index (χ0) is 25.0. The predicted molar refractivity (Wildman–Crippen MR) is 143 cm³/mol. The van der Waals surface area contributed by atoms with Crippen LogP contribution in [0.3, 0.4) is 0 Å². The number of benzene rings is 1. The van der Waals surface area contributed by atoms with Crippen LogP contribution in [0.25, 0.3) is 16.2 Å². The number of nitrogens with zero attached hydrogens (tertiary/aromatic N) is 5. The van der Waals surface area contributed by atoms with Gasteiger partial charge in [-0.15, -0.1) is 5.10 Å². The third-order valence-electron chi connectivity index (χ3n) is 5.76. The van der Waals surface area contributed by atoms with Crippen LogP contribution in [0.1, 0.15) is 32.8 Å². The van der Waals surface area contributed by atoms with E-state index in [1.54, 1.807) is 0 Å². The number of likely N-dealkylation sites (N-methyl/N-ethyl adjacent to an activating group) is 1. The Kier molecular flexibility index (Phi) is 7.93. The van der Waals surface area contributed by atoms with E-state index in [2.05, 4.69) is 61.4 Å². The molecule has 1 saturated heterocycles. The van der Waals surface area contributed by atoms with Crippen LogP contribution in [0.2, 0.25) is 0 Å². The maximum atomic E-state index is 12.5. The van der Waals surface area contributed by atoms with Crippen LogP contribution in [0.5, 0.6) is 0 Å². The van der Waals surface area contributed by atoms with Gasteiger partial charge >= 0.3 is 0 Å². The quantitative estimate of drug-likeness (QED) is 0.437. The van der Waals surface area contributed by atoms with Crippen molar-refractivity contribution in [2.45, 2.75) is 39.7 Å². The molecule has 9 nitrogen and oxygen atoms in total. The van der Waals surface area contributed by atoms with Gasteiger partial charge in [-0.3, -0.25) is 9.69 Å². The molecular weight excluding hydrogens is 462 g/mol. The molecule has 3 aromatic rings. The highest BCUT2D eigenvalue weighted by Crippen LogP contribution is 2.34. The van der Waals surface area contributed by atoms with Gasteiger partial charge in [0.2, 0.25) is 16.0 Å². The molecule has 1 aromatic carbocycles. The van der Waals surface area contributed by atoms with Gasteiger partial charge in [0, 0.05) is 37.8 Å². The minimum atomic E-state index is -0.161. The number of ether oxygens (including phenoxy) is 1. The average Bonchev–Trinajstić information content (AvgIpc) is 3.36. The third-order valence-corrected chi connectivity index (χ3v) is 6.78. The normalized spacial score (nSPS) is 14.9. The number of amides is 1. The highest BCUT2D eigenvalue weighted by atomic mass is 32.1. The molecule has 0 atom stereocenters. The molecule has 1 amide bonds. The number of rotatable bonds is 9. The number of aromatic nitrogens is 3. The van der Waals surface area contributed by atoms with Gasteiger partial charge in [0.05, 0.1) is 19.8 Å². The van der Waals surface area contributed by atoms with Gasteiger partial charge < -0.3 is 20.3 Å². The number of fused-ring (bicyclic) bond motifs is 1. The van der Waals surface area contributed by atoms with E-state index in [1.807, 2.05) is 22.5 Å². The van der Waals surface area contributed by atoms with Crippen molar-refractivity contribution in [2.75, 3.05) is 63.2 Å². The van der Waals surface area contributed by atoms with Gasteiger partial charge in [0.25, 0.3) is 0 Å². The molecule has 4 rings (SSSR count). The fourth-order valence-electron chi connectivity index (χ4n) is 4.05. The lowest BCUT2D eigenvalue weighted by atomic mass is 10.1. The number of anilines is 2. The summed E-state index contributed by atoms with van der Waals surface area (Å²) in [5, 5.41) is 12.2. The number of aryl methyl sites for hydroxylation is 1. The van der Waals surface area contributed by atoms with Gasteiger partial charge in [-0.2, -0.15) is 4.52 Å². The van der Waals surface area contributed by atoms with E-state index in [0.29, 0.717) is 6.54 Å². The van der Waals surface area contributed by atoms with Crippen molar-refractivity contribution in [3.63, 3.8) is 0 Å². The van der Waals surface area contributed by atoms with Crippen molar-refractivity contribution >= 4 is 33.2 Å². The van der Waals surface area contributed by atoms with Crippen LogP contribution in [0.4, 0.5) is 10.9 Å². The monoisotopic (exact) mass is 499 g/mol. The molecule has 1 fully saturated rings. The van der Waals surface area contributed by atoms with Crippen molar-refractivity contribution in [3.05, 3.63) is 29.8 Å². The highest BCUT2D eigenvalue weighted by molar-refractivity contribution is 7.20. The highest BCUT2D eigenvalue weighted by Gasteiger charge is 2.23. The van der Waals surface area contributed by atoms with Crippen molar-refractivity contribution in [2.24, 2.45) is 0 Å². The summed E-state index contributed by atoms with van der Waals surface area (Å²) in [5.74, 6) is 0.859. The Morgan fingerprint density at radius 1 is 1.26 bits per heavy atom. The van der Waals surface area contributed by atoms with Crippen molar-refractivity contribution in [1.29, 1.82) is 0 Å². The number of nitrogens with one attached hydrogen (secondary N) is 2. The molecule has 35 heavy (non-hydrogen) atoms. The van der Waals surface area contributed by atoms with Crippen LogP contribution < -0.4 is 15.5 Å². The molecule has 190 valence electrons. The third kappa shape index (κ3) is 6.71. The Hall–Kier alpha value is -2.69. The topological polar surface area (TPSA) is 87.0 Å². The molecular formula is C25H37N7O2S. The molecule has 0 aliphatic carbocycles. The van der Waals surface area contributed by atoms with Gasteiger partial charge in [-0.1, -0.05) is 35.1 Å². The Balaban J connectivity index is 1.42. The zero-order valence-corrected chi connectivity index (χ0v) is 22.2. The first-order chi connectivity index (χ1) is 16.7. The smallest absolute Gasteiger partial charge is 0.239 e. The van der Waals surface area contributed by atoms with E-state index in [9.17, 15) is 4.79 Å². The number of imidazole rings is 1. The lowest BCUT2D eigenvalue weighted by Crippen LogP contribution is -2.39. The first kappa shape index (κ1) is 25.4. The molecule has 2 N–H and O–H groups in total. The van der Waals surface area contributed by atoms with Crippen molar-refractivity contribution in [3.8, 4) is 11.3 Å². The molecule has 1 aliphatic heterocycles. The number of hydrogen-bond acceptors (Lipinski definition) is 8. The molecule has 0 saturated carbocycles. The number of morpholine rings is 1. The summed E-state index contributed by atoms with van der Waals surface area (Å²) in [5.41, 5.74) is 2.96. The molecule has 0 unspecified atom stereocenters. The standard InChI is InChI=1S/C25H37N7O2S/c1-18-8-6-9-19(16-18)21-22(28-25(2,3)4)32-23(27-21)35-24(29-32)30(5)17-20(33)26-10-7-11-31-12-14-34-15-13-31/h6,8-9,16,28H,7,10-15,17H2,1-5H3,(H,26,33). The van der Waals surface area contributed by atoms with E-state index in [0.717, 1.165) is 66.4 Å². The maximum Gasteiger partial charge on any atom is 0.239 e. The van der Waals surface area contributed by atoms with Gasteiger partial charge in [-0.25, -0.2) is 4.98 Å². The van der Waals surface area contributed by atoms with E-state index in [-0.39, 0.29) is 18.0 Å². The predicted octanol–water partition coefficient (Wildman–Crippen LogP) is 3.25. The van der Waals surface area contributed by atoms with Gasteiger partial charge in [0.15, 0.2) is 5.82 Å². The molecule has 10 heteroatoms. The molecule has 0 radical (unpaired) electrons. The van der Waals surface area contributed by atoms with E-state index < -0.39 is 0 Å². The molecule has 2 aromatic heterocycles. The summed E-state index contributed by atoms with van der Waals surface area (Å²) in [6, 6.07) is 8.34. The summed E-state index contributed by atoms with van der Waals surface area (Å²) in [7, 11) is 1.89. The van der Waals surface area contributed by atoms with Crippen LogP contribution in [0.15, 0.2) is 24.3 Å². The average molecular weight is 500 g/mol. The Morgan fingerprint density at radius 2 is 2.03 bits per heavy atom. The number of carbonyl (C=O) groups is 1. The summed E-state index contributed by atoms with van der Waals surface area (Å²) in [4.78, 5) is 22.5. The fourth-order valence-corrected chi connectivity index (χ4v) is 4.91. The van der Waals surface area contributed by atoms with Crippen LogP contribution in [-0.4, -0.2) is 83.9 Å². The number of carbonyl (C=O) groups excluding carboxylic acids is 1. The van der Waals surface area contributed by atoms with Gasteiger partial charge in [0.1, 0.15) is 5.69 Å². The summed E-state index contributed by atoms with van der Waals surface area (Å²) in [6.45, 7) is 13.9. The van der Waals surface area contributed by atoms with Crippen LogP contribution in [0, 0.1) is 6.92 Å². The van der Waals surface area contributed by atoms with Crippen LogP contribution >= 0.6 is 11.3 Å². The second-order valence-electron chi connectivity index (χ2n) is 10.1. The van der Waals surface area contributed by atoms with E-state index >= 15 is 0 Å². The second kappa shape index (κ2) is 10.9. The lowest BCUT2D eigenvalue weighted by Gasteiger charge is -2.26. The minimum absolute atomic E-state index is 0.00388. The molecule has 3 heterocycles. The first-order valence-corrected chi connectivity index (χ1v) is 13.0. The van der Waals surface area contributed by atoms with Crippen molar-refractivity contribution in [1.82, 2.24) is 24.8 Å². The molecule has 1 aliphatic rings. The molecule has 0 bridgehead atoms. The molecule has 0 spiro atoms.